The van der Waals surface area contributed by atoms with Gasteiger partial charge < -0.3 is 4.55 Å². The molecule has 0 aromatic carbocycles. The van der Waals surface area contributed by atoms with Crippen molar-refractivity contribution in [1.29, 1.82) is 0 Å². The topological polar surface area (TPSA) is 91.3 Å². The first-order valence-corrected chi connectivity index (χ1v) is 5.86. The Balaban J connectivity index is 0.00000121. The second-order valence-electron chi connectivity index (χ2n) is 2.19. The molecular weight excluding hydrogens is 215 g/mol. The second kappa shape index (κ2) is 3.77. The molecule has 8 heteroatoms. The van der Waals surface area contributed by atoms with E-state index in [-0.39, 0.29) is 29.6 Å². The molecule has 0 bridgehead atoms. The van der Waals surface area contributed by atoms with Crippen LogP contribution in [-0.2, 0) is 20.0 Å². The largest absolute Gasteiger partial charge is 1.00 e. The van der Waals surface area contributed by atoms with Crippen LogP contribution >= 0.6 is 0 Å². The summed E-state index contributed by atoms with van der Waals surface area (Å²) in [4.78, 5) is 0. The van der Waals surface area contributed by atoms with E-state index in [1.165, 1.54) is 0 Å². The molecule has 12 heavy (non-hydrogen) atoms. The van der Waals surface area contributed by atoms with Gasteiger partial charge in [-0.2, -0.15) is 0 Å². The Morgan fingerprint density at radius 1 is 1.42 bits per heavy atom. The molecule has 0 radical (unpaired) electrons. The van der Waals surface area contributed by atoms with E-state index in [1.807, 2.05) is 0 Å². The van der Waals surface area contributed by atoms with E-state index in [4.69, 9.17) is 0 Å². The fourth-order valence-electron chi connectivity index (χ4n) is 0.727. The quantitative estimate of drug-likeness (QED) is 0.330. The maximum absolute atomic E-state index is 10.6. The van der Waals surface area contributed by atoms with Gasteiger partial charge in [0.25, 0.3) is 0 Å². The van der Waals surface area contributed by atoms with Gasteiger partial charge in [-0.15, -0.1) is 0 Å². The molecule has 5 nitrogen and oxygen atoms in total. The van der Waals surface area contributed by atoms with Crippen LogP contribution < -0.4 is 29.6 Å². The molecule has 0 aromatic heterocycles. The SMILES string of the molecule is O=S1(=O)C=CC(S(=O)(=O)[O-])C1.[Na+]. The summed E-state index contributed by atoms with van der Waals surface area (Å²) >= 11 is 0. The van der Waals surface area contributed by atoms with Crippen molar-refractivity contribution in [2.45, 2.75) is 5.25 Å². The Morgan fingerprint density at radius 2 is 1.92 bits per heavy atom. The molecule has 1 aliphatic heterocycles. The average molecular weight is 220 g/mol. The minimum absolute atomic E-state index is 0. The van der Waals surface area contributed by atoms with E-state index in [1.54, 1.807) is 0 Å². The Bertz CT molecular complexity index is 378. The molecule has 1 aliphatic rings. The third-order valence-electron chi connectivity index (χ3n) is 1.27. The fraction of sp³-hybridized carbons (Fsp3) is 0.500. The smallest absolute Gasteiger partial charge is 0.747 e. The molecular formula is C4H5NaO5S2. The number of hydrogen-bond acceptors (Lipinski definition) is 5. The van der Waals surface area contributed by atoms with Gasteiger partial charge in [-0.1, -0.05) is 6.08 Å². The maximum atomic E-state index is 10.6. The summed E-state index contributed by atoms with van der Waals surface area (Å²) < 4.78 is 51.9. The average Bonchev–Trinajstić information content (AvgIpc) is 2.07. The first-order valence-electron chi connectivity index (χ1n) is 2.67. The number of hydrogen-bond donors (Lipinski definition) is 0. The van der Waals surface area contributed by atoms with Crippen LogP contribution in [0.3, 0.4) is 0 Å². The molecule has 0 amide bonds. The number of sulfone groups is 1. The zero-order valence-electron chi connectivity index (χ0n) is 6.30. The molecule has 0 saturated heterocycles. The molecule has 1 rings (SSSR count). The first kappa shape index (κ1) is 12.6. The number of rotatable bonds is 1. The molecule has 1 heterocycles. The summed E-state index contributed by atoms with van der Waals surface area (Å²) in [5, 5.41) is -0.639. The van der Waals surface area contributed by atoms with Crippen molar-refractivity contribution in [2.24, 2.45) is 0 Å². The fourth-order valence-corrected chi connectivity index (χ4v) is 3.44. The van der Waals surface area contributed by atoms with Crippen molar-refractivity contribution in [3.05, 3.63) is 11.5 Å². The van der Waals surface area contributed by atoms with Crippen LogP contribution in [0.15, 0.2) is 11.5 Å². The molecule has 0 aromatic rings. The Kier molecular flexibility index (Phi) is 3.96. The van der Waals surface area contributed by atoms with Gasteiger partial charge >= 0.3 is 29.6 Å². The zero-order chi connectivity index (χ0) is 8.70. The van der Waals surface area contributed by atoms with Gasteiger partial charge in [0.05, 0.1) is 11.0 Å². The summed E-state index contributed by atoms with van der Waals surface area (Å²) in [6.45, 7) is 0. The molecule has 0 fully saturated rings. The molecule has 1 unspecified atom stereocenters. The molecule has 0 aliphatic carbocycles. The van der Waals surface area contributed by atoms with Gasteiger partial charge in [0.15, 0.2) is 9.84 Å². The minimum Gasteiger partial charge on any atom is -0.747 e. The van der Waals surface area contributed by atoms with E-state index in [9.17, 15) is 21.4 Å². The van der Waals surface area contributed by atoms with Crippen molar-refractivity contribution in [1.82, 2.24) is 0 Å². The zero-order valence-corrected chi connectivity index (χ0v) is 9.93. The third kappa shape index (κ3) is 3.15. The van der Waals surface area contributed by atoms with Crippen LogP contribution in [0, 0.1) is 0 Å². The molecule has 0 saturated carbocycles. The third-order valence-corrected chi connectivity index (χ3v) is 3.94. The van der Waals surface area contributed by atoms with E-state index < -0.39 is 31.0 Å². The van der Waals surface area contributed by atoms with Crippen LogP contribution in [0.25, 0.3) is 0 Å². The van der Waals surface area contributed by atoms with E-state index in [0.29, 0.717) is 0 Å². The molecule has 1 atom stereocenters. The van der Waals surface area contributed by atoms with Gasteiger partial charge in [0, 0.05) is 5.41 Å². The Hall–Kier alpha value is 0.600. The van der Waals surface area contributed by atoms with Crippen LogP contribution in [0.2, 0.25) is 0 Å². The Labute approximate surface area is 92.8 Å². The van der Waals surface area contributed by atoms with Crippen molar-refractivity contribution in [2.75, 3.05) is 5.75 Å². The van der Waals surface area contributed by atoms with E-state index in [0.717, 1.165) is 11.5 Å². The normalized spacial score (nSPS) is 26.6. The first-order chi connectivity index (χ1) is 4.81. The van der Waals surface area contributed by atoms with Gasteiger partial charge in [0.1, 0.15) is 10.1 Å². The van der Waals surface area contributed by atoms with Crippen LogP contribution in [-0.4, -0.2) is 32.4 Å². The van der Waals surface area contributed by atoms with Gasteiger partial charge in [-0.05, 0) is 0 Å². The van der Waals surface area contributed by atoms with Crippen molar-refractivity contribution in [3.63, 3.8) is 0 Å². The maximum Gasteiger partial charge on any atom is 1.00 e. The van der Waals surface area contributed by atoms with Crippen molar-refractivity contribution >= 4 is 20.0 Å². The van der Waals surface area contributed by atoms with E-state index >= 15 is 0 Å². The van der Waals surface area contributed by atoms with Crippen molar-refractivity contribution < 1.29 is 50.9 Å². The summed E-state index contributed by atoms with van der Waals surface area (Å²) in [6.07, 6.45) is 0.900. The second-order valence-corrected chi connectivity index (χ2v) is 5.71. The molecule has 0 spiro atoms. The summed E-state index contributed by atoms with van der Waals surface area (Å²) in [6, 6.07) is 0. The van der Waals surface area contributed by atoms with Crippen LogP contribution in [0.1, 0.15) is 0 Å². The predicted octanol–water partition coefficient (Wildman–Crippen LogP) is -4.15. The predicted molar refractivity (Wildman–Crippen MR) is 36.4 cm³/mol. The van der Waals surface area contributed by atoms with Gasteiger partial charge in [-0.3, -0.25) is 0 Å². The van der Waals surface area contributed by atoms with Gasteiger partial charge in [0.2, 0.25) is 0 Å². The summed E-state index contributed by atoms with van der Waals surface area (Å²) in [5.41, 5.74) is 0. The molecule has 64 valence electrons. The monoisotopic (exact) mass is 220 g/mol. The van der Waals surface area contributed by atoms with E-state index in [2.05, 4.69) is 0 Å². The van der Waals surface area contributed by atoms with Crippen LogP contribution in [0.5, 0.6) is 0 Å². The van der Waals surface area contributed by atoms with Crippen LogP contribution in [0.4, 0.5) is 0 Å². The van der Waals surface area contributed by atoms with Gasteiger partial charge in [-0.25, -0.2) is 16.8 Å². The summed E-state index contributed by atoms with van der Waals surface area (Å²) in [7, 11) is -7.93. The van der Waals surface area contributed by atoms with Crippen molar-refractivity contribution in [3.8, 4) is 0 Å². The Morgan fingerprint density at radius 3 is 2.08 bits per heavy atom. The summed E-state index contributed by atoms with van der Waals surface area (Å²) in [5.74, 6) is -0.612. The minimum atomic E-state index is -4.49. The molecule has 0 N–H and O–H groups in total. The standard InChI is InChI=1S/C4H6O5S2.Na/c5-10(6)2-1-4(3-10)11(7,8)9;/h1-2,4H,3H2,(H,7,8,9);/q;+1/p-1.